The maximum Gasteiger partial charge on any atom is 0.243 e. The number of hydrogen-bond donors (Lipinski definition) is 2. The Kier molecular flexibility index (Phi) is 4.53. The van der Waals surface area contributed by atoms with E-state index in [1.165, 1.54) is 17.1 Å². The number of nitrogens with two attached hydrogens (primary N) is 1. The van der Waals surface area contributed by atoms with Crippen LogP contribution in [-0.2, 0) is 30.0 Å². The lowest BCUT2D eigenvalue weighted by Crippen LogP contribution is -2.26. The van der Waals surface area contributed by atoms with Crippen LogP contribution in [0.3, 0.4) is 0 Å². The Morgan fingerprint density at radius 3 is 2.85 bits per heavy atom. The van der Waals surface area contributed by atoms with Crippen LogP contribution < -0.4 is 10.5 Å². The summed E-state index contributed by atoms with van der Waals surface area (Å²) in [5.74, 6) is 0. The summed E-state index contributed by atoms with van der Waals surface area (Å²) in [5, 5.41) is 7.98. The fourth-order valence-corrected chi connectivity index (χ4v) is 2.77. The van der Waals surface area contributed by atoms with Gasteiger partial charge in [0.25, 0.3) is 0 Å². The second kappa shape index (κ2) is 6.16. The first-order chi connectivity index (χ1) is 9.53. The van der Waals surface area contributed by atoms with Crippen molar-refractivity contribution >= 4 is 10.0 Å². The molecule has 0 aliphatic carbocycles. The van der Waals surface area contributed by atoms with Gasteiger partial charge in [-0.15, -0.1) is 0 Å². The molecule has 3 N–H and O–H groups in total. The predicted octanol–water partition coefficient (Wildman–Crippen LogP) is -0.904. The van der Waals surface area contributed by atoms with Crippen molar-refractivity contribution < 1.29 is 8.42 Å². The lowest BCUT2D eigenvalue weighted by Gasteiger charge is -2.05. The van der Waals surface area contributed by atoms with Gasteiger partial charge in [-0.3, -0.25) is 9.36 Å². The van der Waals surface area contributed by atoms with E-state index in [1.807, 2.05) is 13.1 Å². The number of hydrogen-bond acceptors (Lipinski definition) is 5. The molecule has 2 aromatic heterocycles. The van der Waals surface area contributed by atoms with Gasteiger partial charge in [0.05, 0.1) is 12.7 Å². The van der Waals surface area contributed by atoms with Gasteiger partial charge in [0.2, 0.25) is 10.0 Å². The lowest BCUT2D eigenvalue weighted by molar-refractivity contribution is 0.578. The monoisotopic (exact) mass is 298 g/mol. The molecule has 9 heteroatoms. The van der Waals surface area contributed by atoms with Gasteiger partial charge >= 0.3 is 0 Å². The van der Waals surface area contributed by atoms with E-state index in [1.54, 1.807) is 10.9 Å². The molecule has 0 aliphatic heterocycles. The highest BCUT2D eigenvalue weighted by molar-refractivity contribution is 7.89. The van der Waals surface area contributed by atoms with Crippen molar-refractivity contribution in [2.24, 2.45) is 12.8 Å². The Labute approximate surface area is 117 Å². The van der Waals surface area contributed by atoms with E-state index in [4.69, 9.17) is 5.73 Å². The standard InChI is InChI=1S/C11H18N6O2S/c1-16-10(2-5-13-16)3-6-15-20(18,19)11-8-14-17(9-11)7-4-12/h2,5,8-9,15H,3-4,6-7,12H2,1H3. The smallest absolute Gasteiger partial charge is 0.243 e. The molecule has 110 valence electrons. The molecule has 0 spiro atoms. The van der Waals surface area contributed by atoms with Crippen LogP contribution in [-0.4, -0.2) is 41.1 Å². The number of nitrogens with one attached hydrogen (secondary N) is 1. The zero-order valence-corrected chi connectivity index (χ0v) is 12.0. The molecule has 0 saturated carbocycles. The highest BCUT2D eigenvalue weighted by atomic mass is 32.2. The molecule has 0 unspecified atom stereocenters. The van der Waals surface area contributed by atoms with E-state index in [0.29, 0.717) is 26.1 Å². The van der Waals surface area contributed by atoms with E-state index in [0.717, 1.165) is 5.69 Å². The summed E-state index contributed by atoms with van der Waals surface area (Å²) in [6.45, 7) is 1.21. The van der Waals surface area contributed by atoms with E-state index in [-0.39, 0.29) is 4.90 Å². The Balaban J connectivity index is 1.95. The molecule has 20 heavy (non-hydrogen) atoms. The third-order valence-corrected chi connectivity index (χ3v) is 4.29. The van der Waals surface area contributed by atoms with Crippen molar-refractivity contribution in [3.05, 3.63) is 30.4 Å². The summed E-state index contributed by atoms with van der Waals surface area (Å²) in [7, 11) is -1.71. The van der Waals surface area contributed by atoms with Gasteiger partial charge in [0, 0.05) is 44.6 Å². The Bertz CT molecular complexity index is 660. The quantitative estimate of drug-likeness (QED) is 0.688. The summed E-state index contributed by atoms with van der Waals surface area (Å²) in [6, 6.07) is 1.85. The molecule has 2 heterocycles. The molecule has 8 nitrogen and oxygen atoms in total. The van der Waals surface area contributed by atoms with Gasteiger partial charge in [0.15, 0.2) is 0 Å². The van der Waals surface area contributed by atoms with Gasteiger partial charge in [-0.2, -0.15) is 10.2 Å². The van der Waals surface area contributed by atoms with Gasteiger partial charge in [-0.1, -0.05) is 0 Å². The molecule has 0 atom stereocenters. The van der Waals surface area contributed by atoms with Crippen molar-refractivity contribution in [3.63, 3.8) is 0 Å². The maximum absolute atomic E-state index is 12.0. The predicted molar refractivity (Wildman–Crippen MR) is 73.4 cm³/mol. The third-order valence-electron chi connectivity index (χ3n) is 2.87. The van der Waals surface area contributed by atoms with Crippen LogP contribution in [0.1, 0.15) is 5.69 Å². The van der Waals surface area contributed by atoms with Crippen molar-refractivity contribution in [2.45, 2.75) is 17.9 Å². The van der Waals surface area contributed by atoms with Gasteiger partial charge < -0.3 is 5.73 Å². The average molecular weight is 298 g/mol. The molecule has 0 aromatic carbocycles. The van der Waals surface area contributed by atoms with Crippen LogP contribution in [0.25, 0.3) is 0 Å². The minimum absolute atomic E-state index is 0.149. The molecule has 0 amide bonds. The van der Waals surface area contributed by atoms with Crippen LogP contribution in [0.15, 0.2) is 29.6 Å². The lowest BCUT2D eigenvalue weighted by atomic mass is 10.3. The van der Waals surface area contributed by atoms with E-state index in [2.05, 4.69) is 14.9 Å². The minimum atomic E-state index is -3.53. The average Bonchev–Trinajstić information content (AvgIpc) is 3.00. The summed E-state index contributed by atoms with van der Waals surface area (Å²) < 4.78 is 29.9. The van der Waals surface area contributed by atoms with Crippen molar-refractivity contribution in [2.75, 3.05) is 13.1 Å². The number of aromatic nitrogens is 4. The van der Waals surface area contributed by atoms with E-state index >= 15 is 0 Å². The molecule has 0 saturated heterocycles. The first-order valence-corrected chi connectivity index (χ1v) is 7.70. The third kappa shape index (κ3) is 3.44. The molecule has 2 rings (SSSR count). The van der Waals surface area contributed by atoms with Crippen LogP contribution in [0, 0.1) is 0 Å². The van der Waals surface area contributed by atoms with Crippen molar-refractivity contribution in [1.29, 1.82) is 0 Å². The summed E-state index contributed by atoms with van der Waals surface area (Å²) in [6.07, 6.45) is 5.05. The fraction of sp³-hybridized carbons (Fsp3) is 0.455. The summed E-state index contributed by atoms with van der Waals surface area (Å²) in [5.41, 5.74) is 6.36. The number of aryl methyl sites for hydroxylation is 1. The van der Waals surface area contributed by atoms with Crippen LogP contribution in [0.4, 0.5) is 0 Å². The first-order valence-electron chi connectivity index (χ1n) is 6.22. The van der Waals surface area contributed by atoms with Gasteiger partial charge in [0.1, 0.15) is 4.90 Å². The van der Waals surface area contributed by atoms with Gasteiger partial charge in [-0.05, 0) is 6.07 Å². The van der Waals surface area contributed by atoms with Crippen LogP contribution in [0.2, 0.25) is 0 Å². The molecular formula is C11H18N6O2S. The van der Waals surface area contributed by atoms with E-state index in [9.17, 15) is 8.42 Å². The molecule has 0 fully saturated rings. The zero-order chi connectivity index (χ0) is 14.6. The topological polar surface area (TPSA) is 108 Å². The second-order valence-corrected chi connectivity index (χ2v) is 6.09. The second-order valence-electron chi connectivity index (χ2n) is 4.32. The number of rotatable bonds is 7. The number of nitrogens with zero attached hydrogens (tertiary/aromatic N) is 4. The minimum Gasteiger partial charge on any atom is -0.329 e. The Hall–Kier alpha value is -1.71. The largest absolute Gasteiger partial charge is 0.329 e. The highest BCUT2D eigenvalue weighted by Crippen LogP contribution is 2.07. The van der Waals surface area contributed by atoms with Crippen LogP contribution in [0.5, 0.6) is 0 Å². The highest BCUT2D eigenvalue weighted by Gasteiger charge is 2.16. The number of sulfonamides is 1. The normalized spacial score (nSPS) is 11.9. The zero-order valence-electron chi connectivity index (χ0n) is 11.2. The summed E-state index contributed by atoms with van der Waals surface area (Å²) in [4.78, 5) is 0.149. The SMILES string of the molecule is Cn1nccc1CCNS(=O)(=O)c1cnn(CCN)c1. The van der Waals surface area contributed by atoms with Crippen molar-refractivity contribution in [1.82, 2.24) is 24.3 Å². The summed E-state index contributed by atoms with van der Waals surface area (Å²) >= 11 is 0. The molecule has 2 aromatic rings. The Morgan fingerprint density at radius 1 is 1.40 bits per heavy atom. The first kappa shape index (κ1) is 14.7. The van der Waals surface area contributed by atoms with Gasteiger partial charge in [-0.25, -0.2) is 13.1 Å². The molecular weight excluding hydrogens is 280 g/mol. The molecule has 0 radical (unpaired) electrons. The van der Waals surface area contributed by atoms with Crippen LogP contribution >= 0.6 is 0 Å². The maximum atomic E-state index is 12.0. The fourth-order valence-electron chi connectivity index (χ4n) is 1.78. The molecule has 0 bridgehead atoms. The van der Waals surface area contributed by atoms with Crippen molar-refractivity contribution in [3.8, 4) is 0 Å². The van der Waals surface area contributed by atoms with E-state index < -0.39 is 10.0 Å². The Morgan fingerprint density at radius 2 is 2.20 bits per heavy atom. The molecule has 0 aliphatic rings.